The molecule has 29 heavy (non-hydrogen) atoms. The predicted molar refractivity (Wildman–Crippen MR) is 117 cm³/mol. The van der Waals surface area contributed by atoms with Gasteiger partial charge in [0.2, 0.25) is 15.2 Å². The van der Waals surface area contributed by atoms with Gasteiger partial charge in [-0.1, -0.05) is 48.5 Å². The van der Waals surface area contributed by atoms with Crippen molar-refractivity contribution in [1.29, 1.82) is 0 Å². The summed E-state index contributed by atoms with van der Waals surface area (Å²) in [6, 6.07) is 4.17. The molecule has 1 aromatic carbocycles. The molecule has 0 spiro atoms. The summed E-state index contributed by atoms with van der Waals surface area (Å²) in [7, 11) is -1.75. The van der Waals surface area contributed by atoms with Gasteiger partial charge in [-0.2, -0.15) is 4.31 Å². The van der Waals surface area contributed by atoms with E-state index in [9.17, 15) is 13.2 Å². The van der Waals surface area contributed by atoms with Crippen molar-refractivity contribution in [1.82, 2.24) is 19.4 Å². The molecule has 1 aliphatic heterocycles. The fourth-order valence-corrected chi connectivity index (χ4v) is 6.31. The third-order valence-electron chi connectivity index (χ3n) is 4.25. The lowest BCUT2D eigenvalue weighted by Gasteiger charge is -2.31. The first kappa shape index (κ1) is 22.4. The second-order valence-electron chi connectivity index (χ2n) is 6.84. The van der Waals surface area contributed by atoms with E-state index in [-0.39, 0.29) is 15.5 Å². The van der Waals surface area contributed by atoms with Crippen molar-refractivity contribution in [3.05, 3.63) is 28.8 Å². The van der Waals surface area contributed by atoms with Gasteiger partial charge < -0.3 is 4.90 Å². The summed E-state index contributed by atoms with van der Waals surface area (Å²) < 4.78 is 28.1. The van der Waals surface area contributed by atoms with E-state index in [1.165, 1.54) is 33.8 Å². The summed E-state index contributed by atoms with van der Waals surface area (Å²) in [6.45, 7) is 6.21. The molecule has 2 aromatic rings. The van der Waals surface area contributed by atoms with E-state index >= 15 is 0 Å². The van der Waals surface area contributed by atoms with Crippen LogP contribution in [0, 0.1) is 0 Å². The van der Waals surface area contributed by atoms with Crippen molar-refractivity contribution in [3.8, 4) is 0 Å². The Morgan fingerprint density at radius 3 is 2.59 bits per heavy atom. The lowest BCUT2D eigenvalue weighted by atomic mass is 10.2. The number of benzene rings is 1. The first-order valence-corrected chi connectivity index (χ1v) is 12.5. The van der Waals surface area contributed by atoms with Crippen molar-refractivity contribution in [2.75, 3.05) is 38.5 Å². The normalized spacial score (nSPS) is 16.3. The molecular weight excluding hydrogens is 454 g/mol. The van der Waals surface area contributed by atoms with Gasteiger partial charge >= 0.3 is 0 Å². The Hall–Kier alpha value is -1.24. The smallest absolute Gasteiger partial charge is 0.259 e. The molecule has 0 unspecified atom stereocenters. The van der Waals surface area contributed by atoms with Crippen LogP contribution in [0.1, 0.15) is 24.2 Å². The summed E-state index contributed by atoms with van der Waals surface area (Å²) in [4.78, 5) is 14.8. The lowest BCUT2D eigenvalue weighted by molar-refractivity contribution is 0.102. The van der Waals surface area contributed by atoms with Crippen LogP contribution >= 0.6 is 34.7 Å². The molecule has 0 radical (unpaired) electrons. The molecule has 0 atom stereocenters. The average Bonchev–Trinajstić information content (AvgIpc) is 3.08. The molecule has 1 fully saturated rings. The summed E-state index contributed by atoms with van der Waals surface area (Å²) in [6.07, 6.45) is 0. The van der Waals surface area contributed by atoms with Crippen LogP contribution in [-0.2, 0) is 10.0 Å². The van der Waals surface area contributed by atoms with Crippen molar-refractivity contribution >= 4 is 55.8 Å². The number of carbonyl (C=O) groups excluding carboxylic acids is 1. The average molecular weight is 476 g/mol. The number of nitrogens with zero attached hydrogens (tertiary/aromatic N) is 4. The SMILES string of the molecule is CC(C)Sc1nnc(NC(=O)c2cc(S(=O)(=O)N3CCN(C)CC3)ccc2Cl)s1. The number of anilines is 1. The maximum absolute atomic E-state index is 13.0. The highest BCUT2D eigenvalue weighted by atomic mass is 35.5. The largest absolute Gasteiger partial charge is 0.304 e. The molecule has 1 aromatic heterocycles. The zero-order valence-corrected chi connectivity index (χ0v) is 19.5. The van der Waals surface area contributed by atoms with Gasteiger partial charge in [0.15, 0.2) is 4.34 Å². The number of hydrogen-bond donors (Lipinski definition) is 1. The molecule has 0 aliphatic carbocycles. The summed E-state index contributed by atoms with van der Waals surface area (Å²) >= 11 is 8.98. The molecule has 8 nitrogen and oxygen atoms in total. The van der Waals surface area contributed by atoms with E-state index in [1.54, 1.807) is 11.8 Å². The standard InChI is InChI=1S/C17H22ClN5O3S3/c1-11(2)27-17-21-20-16(28-17)19-15(24)13-10-12(4-5-14(13)18)29(25,26)23-8-6-22(3)7-9-23/h4-5,10-11H,6-9H2,1-3H3,(H,19,20,24). The summed E-state index contributed by atoms with van der Waals surface area (Å²) in [5.74, 6) is -0.525. The minimum absolute atomic E-state index is 0.0462. The molecule has 158 valence electrons. The van der Waals surface area contributed by atoms with Crippen molar-refractivity contribution in [2.45, 2.75) is 28.3 Å². The highest BCUT2D eigenvalue weighted by Gasteiger charge is 2.28. The Labute approximate surface area is 183 Å². The van der Waals surface area contributed by atoms with E-state index in [2.05, 4.69) is 20.4 Å². The minimum Gasteiger partial charge on any atom is -0.304 e. The van der Waals surface area contributed by atoms with Crippen molar-refractivity contribution in [2.24, 2.45) is 0 Å². The number of hydrogen-bond acceptors (Lipinski definition) is 8. The summed E-state index contributed by atoms with van der Waals surface area (Å²) in [5.41, 5.74) is 0.0788. The van der Waals surface area contributed by atoms with Crippen LogP contribution in [0.5, 0.6) is 0 Å². The Kier molecular flexibility index (Phi) is 7.18. The monoisotopic (exact) mass is 475 g/mol. The Bertz CT molecular complexity index is 988. The maximum Gasteiger partial charge on any atom is 0.259 e. The molecule has 1 N–H and O–H groups in total. The van der Waals surface area contributed by atoms with Crippen LogP contribution in [0.2, 0.25) is 5.02 Å². The fraction of sp³-hybridized carbons (Fsp3) is 0.471. The van der Waals surface area contributed by atoms with Gasteiger partial charge in [0.05, 0.1) is 15.5 Å². The van der Waals surface area contributed by atoms with Crippen LogP contribution in [0.15, 0.2) is 27.4 Å². The topological polar surface area (TPSA) is 95.5 Å². The van der Waals surface area contributed by atoms with E-state index in [1.807, 2.05) is 20.9 Å². The number of likely N-dealkylation sites (N-methyl/N-ethyl adjacent to an activating group) is 1. The zero-order chi connectivity index (χ0) is 21.2. The van der Waals surface area contributed by atoms with Gasteiger partial charge in [0, 0.05) is 31.4 Å². The third-order valence-corrected chi connectivity index (χ3v) is 8.40. The van der Waals surface area contributed by atoms with Gasteiger partial charge in [-0.3, -0.25) is 10.1 Å². The number of aromatic nitrogens is 2. The number of carbonyl (C=O) groups is 1. The number of halogens is 1. The molecule has 1 amide bonds. The second-order valence-corrected chi connectivity index (χ2v) is 12.0. The van der Waals surface area contributed by atoms with Crippen molar-refractivity contribution in [3.63, 3.8) is 0 Å². The van der Waals surface area contributed by atoms with Crippen molar-refractivity contribution < 1.29 is 13.2 Å². The zero-order valence-electron chi connectivity index (χ0n) is 16.3. The first-order chi connectivity index (χ1) is 13.7. The van der Waals surface area contributed by atoms with Gasteiger partial charge in [-0.25, -0.2) is 8.42 Å². The molecular formula is C17H22ClN5O3S3. The fourth-order valence-electron chi connectivity index (χ4n) is 2.69. The Morgan fingerprint density at radius 2 is 1.93 bits per heavy atom. The molecule has 2 heterocycles. The Morgan fingerprint density at radius 1 is 1.24 bits per heavy atom. The number of amides is 1. The van der Waals surface area contributed by atoms with Gasteiger partial charge in [0.25, 0.3) is 5.91 Å². The number of sulfonamides is 1. The predicted octanol–water partition coefficient (Wildman–Crippen LogP) is 2.88. The van der Waals surface area contributed by atoms with E-state index in [4.69, 9.17) is 11.6 Å². The Balaban J connectivity index is 1.79. The van der Waals surface area contributed by atoms with E-state index < -0.39 is 15.9 Å². The number of thioether (sulfide) groups is 1. The first-order valence-electron chi connectivity index (χ1n) is 8.96. The molecule has 1 saturated heterocycles. The van der Waals surface area contributed by atoms with Gasteiger partial charge in [-0.05, 0) is 25.2 Å². The van der Waals surface area contributed by atoms with Crippen LogP contribution in [0.3, 0.4) is 0 Å². The number of rotatable bonds is 6. The lowest BCUT2D eigenvalue weighted by Crippen LogP contribution is -2.47. The van der Waals surface area contributed by atoms with Gasteiger partial charge in [-0.15, -0.1) is 10.2 Å². The second kappa shape index (κ2) is 9.27. The van der Waals surface area contributed by atoms with Crippen LogP contribution in [0.25, 0.3) is 0 Å². The van der Waals surface area contributed by atoms with Crippen LogP contribution < -0.4 is 5.32 Å². The quantitative estimate of drug-likeness (QED) is 0.507. The van der Waals surface area contributed by atoms with E-state index in [0.717, 1.165) is 4.34 Å². The highest BCUT2D eigenvalue weighted by molar-refractivity contribution is 8.01. The molecule has 3 rings (SSSR count). The number of nitrogens with one attached hydrogen (secondary N) is 1. The molecule has 1 aliphatic rings. The minimum atomic E-state index is -3.70. The maximum atomic E-state index is 13.0. The highest BCUT2D eigenvalue weighted by Crippen LogP contribution is 2.29. The van der Waals surface area contributed by atoms with Crippen LogP contribution in [0.4, 0.5) is 5.13 Å². The number of piperazine rings is 1. The third kappa shape index (κ3) is 5.47. The molecule has 0 bridgehead atoms. The van der Waals surface area contributed by atoms with Crippen LogP contribution in [-0.4, -0.2) is 72.2 Å². The molecule has 0 saturated carbocycles. The molecule has 12 heteroatoms. The summed E-state index contributed by atoms with van der Waals surface area (Å²) in [5, 5.41) is 11.5. The van der Waals surface area contributed by atoms with Gasteiger partial charge in [0.1, 0.15) is 0 Å². The van der Waals surface area contributed by atoms with E-state index in [0.29, 0.717) is 36.6 Å².